The molecule has 1 saturated heterocycles. The molecule has 0 spiro atoms. The van der Waals surface area contributed by atoms with Gasteiger partial charge in [-0.25, -0.2) is 17.7 Å². The molecule has 2 atom stereocenters. The Morgan fingerprint density at radius 2 is 2.00 bits per heavy atom. The number of carbonyl (C=O) groups is 1. The first-order valence-electron chi connectivity index (χ1n) is 8.69. The van der Waals surface area contributed by atoms with Crippen molar-refractivity contribution in [2.24, 2.45) is 5.92 Å². The number of hydrogen-bond donors (Lipinski definition) is 2. The summed E-state index contributed by atoms with van der Waals surface area (Å²) in [4.78, 5) is 20.2. The first kappa shape index (κ1) is 19.5. The van der Waals surface area contributed by atoms with Crippen LogP contribution in [0.5, 0.6) is 0 Å². The summed E-state index contributed by atoms with van der Waals surface area (Å²) in [6, 6.07) is 9.16. The fourth-order valence-corrected chi connectivity index (χ4v) is 4.16. The van der Waals surface area contributed by atoms with Crippen LogP contribution < -0.4 is 5.32 Å². The number of aromatic nitrogens is 2. The van der Waals surface area contributed by atoms with Crippen LogP contribution in [0, 0.1) is 12.8 Å². The number of benzene rings is 1. The van der Waals surface area contributed by atoms with Gasteiger partial charge >= 0.3 is 0 Å². The normalized spacial score (nSPS) is 20.1. The number of hydrogen-bond acceptors (Lipinski definition) is 5. The number of ether oxygens (including phenoxy) is 1. The van der Waals surface area contributed by atoms with Crippen LogP contribution in [0.3, 0.4) is 0 Å². The number of imidazole rings is 1. The third kappa shape index (κ3) is 4.37. The predicted molar refractivity (Wildman–Crippen MR) is 102 cm³/mol. The summed E-state index contributed by atoms with van der Waals surface area (Å²) in [5.74, 6) is -0.0877. The molecule has 1 aliphatic rings. The Bertz CT molecular complexity index is 909. The van der Waals surface area contributed by atoms with Gasteiger partial charge in [0, 0.05) is 31.3 Å². The lowest BCUT2D eigenvalue weighted by atomic mass is 10.1. The van der Waals surface area contributed by atoms with E-state index in [9.17, 15) is 13.2 Å². The van der Waals surface area contributed by atoms with Gasteiger partial charge in [-0.15, -0.1) is 0 Å². The van der Waals surface area contributed by atoms with Crippen LogP contribution in [0.1, 0.15) is 16.2 Å². The summed E-state index contributed by atoms with van der Waals surface area (Å²) < 4.78 is 30.9. The molecule has 0 saturated carbocycles. The van der Waals surface area contributed by atoms with Crippen molar-refractivity contribution in [2.45, 2.75) is 13.0 Å². The van der Waals surface area contributed by atoms with E-state index in [1.165, 1.54) is 18.4 Å². The molecule has 27 heavy (non-hydrogen) atoms. The molecule has 0 aliphatic carbocycles. The zero-order valence-corrected chi connectivity index (χ0v) is 16.4. The van der Waals surface area contributed by atoms with Gasteiger partial charge in [-0.2, -0.15) is 0 Å². The Balaban J connectivity index is 1.73. The summed E-state index contributed by atoms with van der Waals surface area (Å²) >= 11 is 0. The Kier molecular flexibility index (Phi) is 5.64. The molecule has 0 bridgehead atoms. The fraction of sp³-hybridized carbons (Fsp3) is 0.444. The molecule has 3 rings (SSSR count). The number of aromatic amines is 1. The molecule has 1 aromatic carbocycles. The number of nitrogens with zero attached hydrogens (tertiary/aromatic N) is 2. The highest BCUT2D eigenvalue weighted by Gasteiger charge is 2.34. The Morgan fingerprint density at radius 1 is 1.30 bits per heavy atom. The molecule has 2 heterocycles. The Hall–Kier alpha value is -2.23. The molecular formula is C18H24N4O4S. The lowest BCUT2D eigenvalue weighted by Crippen LogP contribution is -2.43. The summed E-state index contributed by atoms with van der Waals surface area (Å²) in [6.07, 6.45) is 0. The van der Waals surface area contributed by atoms with Crippen LogP contribution in [-0.2, 0) is 14.8 Å². The quantitative estimate of drug-likeness (QED) is 0.764. The van der Waals surface area contributed by atoms with Gasteiger partial charge < -0.3 is 15.0 Å². The van der Waals surface area contributed by atoms with E-state index in [0.29, 0.717) is 23.8 Å². The van der Waals surface area contributed by atoms with E-state index in [2.05, 4.69) is 15.3 Å². The summed E-state index contributed by atoms with van der Waals surface area (Å²) in [6.45, 7) is 2.37. The predicted octanol–water partition coefficient (Wildman–Crippen LogP) is 1.02. The van der Waals surface area contributed by atoms with E-state index in [4.69, 9.17) is 4.74 Å². The Morgan fingerprint density at radius 3 is 2.67 bits per heavy atom. The monoisotopic (exact) mass is 392 g/mol. The van der Waals surface area contributed by atoms with Gasteiger partial charge in [0.2, 0.25) is 10.0 Å². The zero-order chi connectivity index (χ0) is 19.6. The number of sulfonamides is 1. The maximum absolute atomic E-state index is 12.7. The van der Waals surface area contributed by atoms with E-state index in [-0.39, 0.29) is 30.2 Å². The zero-order valence-electron chi connectivity index (χ0n) is 15.6. The number of nitrogens with one attached hydrogen (secondary N) is 2. The van der Waals surface area contributed by atoms with Crippen molar-refractivity contribution in [3.63, 3.8) is 0 Å². The lowest BCUT2D eigenvalue weighted by molar-refractivity contribution is 0.0921. The highest BCUT2D eigenvalue weighted by Crippen LogP contribution is 2.20. The van der Waals surface area contributed by atoms with Crippen LogP contribution in [-0.4, -0.2) is 67.7 Å². The van der Waals surface area contributed by atoms with E-state index < -0.39 is 10.0 Å². The van der Waals surface area contributed by atoms with Crippen molar-refractivity contribution in [1.82, 2.24) is 19.6 Å². The fourth-order valence-electron chi connectivity index (χ4n) is 2.99. The molecule has 2 N–H and O–H groups in total. The smallest absolute Gasteiger partial charge is 0.272 e. The maximum Gasteiger partial charge on any atom is 0.272 e. The third-order valence-electron chi connectivity index (χ3n) is 4.64. The van der Waals surface area contributed by atoms with Gasteiger partial charge in [-0.05, 0) is 6.92 Å². The number of amides is 1. The largest absolute Gasteiger partial charge is 0.379 e. The molecule has 0 unspecified atom stereocenters. The van der Waals surface area contributed by atoms with Gasteiger partial charge in [0.05, 0.1) is 25.0 Å². The SMILES string of the molecule is Cc1[nH]c(-c2ccccc2)nc1C(=O)N[C@H]1COC[C@H]1CS(=O)(=O)N(C)C. The molecule has 9 heteroatoms. The van der Waals surface area contributed by atoms with Crippen molar-refractivity contribution >= 4 is 15.9 Å². The molecule has 8 nitrogen and oxygen atoms in total. The topological polar surface area (TPSA) is 104 Å². The van der Waals surface area contributed by atoms with Crippen LogP contribution in [0.2, 0.25) is 0 Å². The van der Waals surface area contributed by atoms with Crippen molar-refractivity contribution in [2.75, 3.05) is 33.1 Å². The van der Waals surface area contributed by atoms with E-state index >= 15 is 0 Å². The molecular weight excluding hydrogens is 368 g/mol. The second-order valence-corrected chi connectivity index (χ2v) is 9.09. The summed E-state index contributed by atoms with van der Waals surface area (Å²) in [5.41, 5.74) is 1.84. The van der Waals surface area contributed by atoms with E-state index in [1.54, 1.807) is 6.92 Å². The lowest BCUT2D eigenvalue weighted by Gasteiger charge is -2.20. The van der Waals surface area contributed by atoms with Gasteiger partial charge in [0.15, 0.2) is 0 Å². The minimum atomic E-state index is -3.37. The minimum absolute atomic E-state index is 0.0697. The molecule has 1 aliphatic heterocycles. The van der Waals surface area contributed by atoms with Crippen LogP contribution >= 0.6 is 0 Å². The molecule has 2 aromatic rings. The molecule has 146 valence electrons. The molecule has 1 amide bonds. The number of carbonyl (C=O) groups excluding carboxylic acids is 1. The van der Waals surface area contributed by atoms with Crippen molar-refractivity contribution in [1.29, 1.82) is 0 Å². The van der Waals surface area contributed by atoms with Crippen LogP contribution in [0.4, 0.5) is 0 Å². The summed E-state index contributed by atoms with van der Waals surface area (Å²) in [7, 11) is -0.381. The van der Waals surface area contributed by atoms with Crippen LogP contribution in [0.25, 0.3) is 11.4 Å². The molecule has 0 radical (unpaired) electrons. The third-order valence-corrected chi connectivity index (χ3v) is 6.60. The number of rotatable bonds is 6. The van der Waals surface area contributed by atoms with E-state index in [1.807, 2.05) is 30.3 Å². The van der Waals surface area contributed by atoms with Crippen LogP contribution in [0.15, 0.2) is 30.3 Å². The standard InChI is InChI=1S/C18H24N4O4S/c1-12-16(21-17(19-12)13-7-5-4-6-8-13)18(23)20-15-10-26-9-14(15)11-27(24,25)22(2)3/h4-8,14-15H,9-11H2,1-3H3,(H,19,21)(H,20,23)/t14-,15-/m0/s1. The molecule has 1 aromatic heterocycles. The maximum atomic E-state index is 12.7. The summed E-state index contributed by atoms with van der Waals surface area (Å²) in [5, 5.41) is 2.88. The minimum Gasteiger partial charge on any atom is -0.379 e. The van der Waals surface area contributed by atoms with Gasteiger partial charge in [0.25, 0.3) is 5.91 Å². The van der Waals surface area contributed by atoms with Crippen molar-refractivity contribution < 1.29 is 17.9 Å². The van der Waals surface area contributed by atoms with Gasteiger partial charge in [-0.1, -0.05) is 30.3 Å². The average Bonchev–Trinajstić information content (AvgIpc) is 3.22. The highest BCUT2D eigenvalue weighted by atomic mass is 32.2. The second-order valence-electron chi connectivity index (χ2n) is 6.86. The van der Waals surface area contributed by atoms with E-state index in [0.717, 1.165) is 5.56 Å². The second kappa shape index (κ2) is 7.79. The van der Waals surface area contributed by atoms with Crippen molar-refractivity contribution in [3.8, 4) is 11.4 Å². The van der Waals surface area contributed by atoms with Crippen molar-refractivity contribution in [3.05, 3.63) is 41.7 Å². The highest BCUT2D eigenvalue weighted by molar-refractivity contribution is 7.89. The first-order valence-corrected chi connectivity index (χ1v) is 10.3. The molecule has 1 fully saturated rings. The number of H-pyrrole nitrogens is 1. The van der Waals surface area contributed by atoms with Gasteiger partial charge in [-0.3, -0.25) is 4.79 Å². The van der Waals surface area contributed by atoms with Gasteiger partial charge in [0.1, 0.15) is 11.5 Å². The number of aryl methyl sites for hydroxylation is 1. The first-order chi connectivity index (χ1) is 12.8. The Labute approximate surface area is 159 Å². The average molecular weight is 392 g/mol.